The van der Waals surface area contributed by atoms with Crippen LogP contribution in [0.4, 0.5) is 14.5 Å². The quantitative estimate of drug-likeness (QED) is 0.666. The lowest BCUT2D eigenvalue weighted by Gasteiger charge is -2.06. The summed E-state index contributed by atoms with van der Waals surface area (Å²) in [5, 5.41) is 2.25. The number of nitrogens with one attached hydrogen (secondary N) is 1. The second-order valence-electron chi connectivity index (χ2n) is 6.30. The summed E-state index contributed by atoms with van der Waals surface area (Å²) in [5.41, 5.74) is 1.35. The Morgan fingerprint density at radius 3 is 2.50 bits per heavy atom. The van der Waals surface area contributed by atoms with Gasteiger partial charge >= 0.3 is 0 Å². The Morgan fingerprint density at radius 2 is 1.79 bits per heavy atom. The van der Waals surface area contributed by atoms with E-state index in [1.165, 1.54) is 12.1 Å². The smallest absolute Gasteiger partial charge is 0.291 e. The molecule has 1 heterocycles. The van der Waals surface area contributed by atoms with Crippen LogP contribution in [0.3, 0.4) is 0 Å². The average Bonchev–Trinajstić information content (AvgIpc) is 3.07. The van der Waals surface area contributed by atoms with E-state index < -0.39 is 27.4 Å². The first-order valence-electron chi connectivity index (χ1n) is 8.33. The Balaban J connectivity index is 1.69. The molecule has 0 atom stereocenters. The molecule has 28 heavy (non-hydrogen) atoms. The van der Waals surface area contributed by atoms with Crippen LogP contribution < -0.4 is 5.32 Å². The van der Waals surface area contributed by atoms with Gasteiger partial charge in [0.1, 0.15) is 23.1 Å². The van der Waals surface area contributed by atoms with E-state index in [-0.39, 0.29) is 28.7 Å². The summed E-state index contributed by atoms with van der Waals surface area (Å²) in [6.45, 7) is 1.83. The summed E-state index contributed by atoms with van der Waals surface area (Å²) in [4.78, 5) is 12.2. The van der Waals surface area contributed by atoms with Gasteiger partial charge in [-0.2, -0.15) is 0 Å². The lowest BCUT2D eigenvalue weighted by Crippen LogP contribution is -2.12. The molecular weight excluding hydrogens is 388 g/mol. The lowest BCUT2D eigenvalue weighted by molar-refractivity contribution is 0.0994. The third-order valence-corrected chi connectivity index (χ3v) is 5.54. The molecule has 1 aromatic heterocycles. The normalized spacial score (nSPS) is 11.4. The number of carbonyl (C=O) groups excluding carboxylic acids is 1. The van der Waals surface area contributed by atoms with Crippen LogP contribution in [0.2, 0.25) is 0 Å². The van der Waals surface area contributed by atoms with Gasteiger partial charge in [-0.3, -0.25) is 4.79 Å². The van der Waals surface area contributed by atoms with E-state index in [1.807, 2.05) is 19.1 Å². The van der Waals surface area contributed by atoms with Crippen molar-refractivity contribution in [1.82, 2.24) is 0 Å². The van der Waals surface area contributed by atoms with E-state index in [2.05, 4.69) is 5.32 Å². The highest BCUT2D eigenvalue weighted by Gasteiger charge is 2.19. The molecule has 0 aliphatic heterocycles. The summed E-state index contributed by atoms with van der Waals surface area (Å²) in [6, 6.07) is 12.6. The van der Waals surface area contributed by atoms with Gasteiger partial charge < -0.3 is 9.73 Å². The van der Waals surface area contributed by atoms with Crippen molar-refractivity contribution in [2.45, 2.75) is 18.4 Å². The van der Waals surface area contributed by atoms with Crippen LogP contribution in [0, 0.1) is 18.6 Å². The van der Waals surface area contributed by atoms with E-state index in [0.29, 0.717) is 11.6 Å². The van der Waals surface area contributed by atoms with Crippen LogP contribution in [-0.4, -0.2) is 14.3 Å². The molecule has 0 bridgehead atoms. The Kier molecular flexibility index (Phi) is 5.60. The van der Waals surface area contributed by atoms with Crippen molar-refractivity contribution in [2.75, 3.05) is 5.32 Å². The van der Waals surface area contributed by atoms with Crippen molar-refractivity contribution in [2.24, 2.45) is 0 Å². The van der Waals surface area contributed by atoms with Gasteiger partial charge in [-0.25, -0.2) is 17.2 Å². The zero-order chi connectivity index (χ0) is 20.3. The number of halogens is 2. The number of carbonyl (C=O) groups is 1. The number of benzene rings is 2. The molecule has 8 heteroatoms. The van der Waals surface area contributed by atoms with Crippen molar-refractivity contribution in [1.29, 1.82) is 0 Å². The third-order valence-electron chi connectivity index (χ3n) is 4.06. The molecule has 146 valence electrons. The monoisotopic (exact) mass is 405 g/mol. The van der Waals surface area contributed by atoms with Gasteiger partial charge in [0, 0.05) is 6.07 Å². The topological polar surface area (TPSA) is 76.4 Å². The van der Waals surface area contributed by atoms with Crippen LogP contribution in [0.5, 0.6) is 0 Å². The van der Waals surface area contributed by atoms with Gasteiger partial charge in [0.05, 0.1) is 11.4 Å². The van der Waals surface area contributed by atoms with Crippen LogP contribution >= 0.6 is 0 Å². The first kappa shape index (κ1) is 19.8. The Bertz CT molecular complexity index is 1120. The minimum absolute atomic E-state index is 0.0957. The largest absolute Gasteiger partial charge is 0.455 e. The molecular formula is C20H17F2NO4S. The van der Waals surface area contributed by atoms with Crippen LogP contribution in [0.25, 0.3) is 0 Å². The highest BCUT2D eigenvalue weighted by Crippen LogP contribution is 2.19. The number of aryl methyl sites for hydroxylation is 1. The van der Waals surface area contributed by atoms with E-state index in [1.54, 1.807) is 12.1 Å². The number of furan rings is 1. The molecule has 3 aromatic rings. The SMILES string of the molecule is Cc1ccccc1CS(=O)(=O)Cc1ccc(C(=O)Nc2ccc(F)cc2F)o1. The van der Waals surface area contributed by atoms with Crippen molar-refractivity contribution in [3.8, 4) is 0 Å². The molecule has 0 radical (unpaired) electrons. The fourth-order valence-electron chi connectivity index (χ4n) is 2.63. The first-order chi connectivity index (χ1) is 13.2. The summed E-state index contributed by atoms with van der Waals surface area (Å²) in [7, 11) is -3.52. The van der Waals surface area contributed by atoms with Gasteiger partial charge in [0.25, 0.3) is 5.91 Å². The van der Waals surface area contributed by atoms with Crippen molar-refractivity contribution in [3.63, 3.8) is 0 Å². The maximum atomic E-state index is 13.6. The lowest BCUT2D eigenvalue weighted by atomic mass is 10.1. The maximum absolute atomic E-state index is 13.6. The Hall–Kier alpha value is -3.00. The second-order valence-corrected chi connectivity index (χ2v) is 8.37. The molecule has 0 aliphatic carbocycles. The predicted octanol–water partition coefficient (Wildman–Crippen LogP) is 4.23. The van der Waals surface area contributed by atoms with E-state index in [0.717, 1.165) is 17.7 Å². The first-order valence-corrected chi connectivity index (χ1v) is 10.2. The maximum Gasteiger partial charge on any atom is 0.291 e. The summed E-state index contributed by atoms with van der Waals surface area (Å²) in [5.74, 6) is -3.07. The van der Waals surface area contributed by atoms with Gasteiger partial charge in [0.2, 0.25) is 0 Å². The number of sulfone groups is 1. The zero-order valence-corrected chi connectivity index (χ0v) is 15.7. The van der Waals surface area contributed by atoms with Crippen molar-refractivity contribution in [3.05, 3.63) is 88.9 Å². The molecule has 3 rings (SSSR count). The Morgan fingerprint density at radius 1 is 1.04 bits per heavy atom. The molecule has 0 fully saturated rings. The van der Waals surface area contributed by atoms with Gasteiger partial charge in [-0.05, 0) is 42.3 Å². The zero-order valence-electron chi connectivity index (χ0n) is 14.9. The number of hydrogen-bond acceptors (Lipinski definition) is 4. The number of anilines is 1. The minimum atomic E-state index is -3.52. The molecule has 0 unspecified atom stereocenters. The molecule has 0 saturated carbocycles. The standard InChI is InChI=1S/C20H17F2NO4S/c1-13-4-2-3-5-14(13)11-28(25,26)12-16-7-9-19(27-16)20(24)23-18-8-6-15(21)10-17(18)22/h2-10H,11-12H2,1H3,(H,23,24). The van der Waals surface area contributed by atoms with E-state index in [4.69, 9.17) is 4.42 Å². The molecule has 1 N–H and O–H groups in total. The molecule has 2 aromatic carbocycles. The molecule has 0 saturated heterocycles. The van der Waals surface area contributed by atoms with Crippen molar-refractivity contribution >= 4 is 21.4 Å². The molecule has 5 nitrogen and oxygen atoms in total. The van der Waals surface area contributed by atoms with Crippen molar-refractivity contribution < 1.29 is 26.4 Å². The summed E-state index contributed by atoms with van der Waals surface area (Å²) >= 11 is 0. The second kappa shape index (κ2) is 7.93. The fourth-order valence-corrected chi connectivity index (χ4v) is 4.12. The molecule has 0 spiro atoms. The highest BCUT2D eigenvalue weighted by molar-refractivity contribution is 7.89. The highest BCUT2D eigenvalue weighted by atomic mass is 32.2. The molecule has 0 aliphatic rings. The predicted molar refractivity (Wildman–Crippen MR) is 101 cm³/mol. The minimum Gasteiger partial charge on any atom is -0.455 e. The summed E-state index contributed by atoms with van der Waals surface area (Å²) in [6.07, 6.45) is 0. The Labute approximate surface area is 160 Å². The number of hydrogen-bond donors (Lipinski definition) is 1. The van der Waals surface area contributed by atoms with Gasteiger partial charge in [0.15, 0.2) is 15.6 Å². The fraction of sp³-hybridized carbons (Fsp3) is 0.150. The third kappa shape index (κ3) is 4.83. The van der Waals surface area contributed by atoms with E-state index in [9.17, 15) is 22.0 Å². The van der Waals surface area contributed by atoms with Gasteiger partial charge in [-0.15, -0.1) is 0 Å². The van der Waals surface area contributed by atoms with Crippen LogP contribution in [0.15, 0.2) is 59.0 Å². The number of amides is 1. The number of rotatable bonds is 6. The summed E-state index contributed by atoms with van der Waals surface area (Å²) < 4.78 is 56.7. The van der Waals surface area contributed by atoms with Gasteiger partial charge in [-0.1, -0.05) is 24.3 Å². The average molecular weight is 405 g/mol. The van der Waals surface area contributed by atoms with Crippen LogP contribution in [-0.2, 0) is 21.3 Å². The van der Waals surface area contributed by atoms with E-state index >= 15 is 0 Å². The van der Waals surface area contributed by atoms with Crippen LogP contribution in [0.1, 0.15) is 27.4 Å². The molecule has 1 amide bonds.